The van der Waals surface area contributed by atoms with Crippen molar-refractivity contribution in [3.8, 4) is 0 Å². The van der Waals surface area contributed by atoms with Gasteiger partial charge in [-0.25, -0.2) is 5.32 Å². The van der Waals surface area contributed by atoms with Crippen LogP contribution in [0.3, 0.4) is 0 Å². The Labute approximate surface area is 92.0 Å². The minimum absolute atomic E-state index is 0.0337. The van der Waals surface area contributed by atoms with Gasteiger partial charge in [0.1, 0.15) is 6.04 Å². The van der Waals surface area contributed by atoms with E-state index in [1.165, 1.54) is 32.1 Å². The average Bonchev–Trinajstić information content (AvgIpc) is 2.81. The van der Waals surface area contributed by atoms with Crippen molar-refractivity contribution >= 4 is 5.91 Å². The van der Waals surface area contributed by atoms with Crippen LogP contribution in [0.15, 0.2) is 0 Å². The molecule has 85 valence electrons. The molecule has 1 aliphatic heterocycles. The highest BCUT2D eigenvalue weighted by atomic mass is 16.2. The van der Waals surface area contributed by atoms with Gasteiger partial charge in [-0.3, -0.25) is 4.79 Å². The van der Waals surface area contributed by atoms with Crippen LogP contribution in [0.5, 0.6) is 0 Å². The van der Waals surface area contributed by atoms with Crippen molar-refractivity contribution in [3.63, 3.8) is 0 Å². The van der Waals surface area contributed by atoms with Gasteiger partial charge < -0.3 is 5.32 Å². The molecule has 1 atom stereocenters. The Morgan fingerprint density at radius 2 is 1.93 bits per heavy atom. The Hall–Kier alpha value is -0.570. The lowest BCUT2D eigenvalue weighted by atomic mass is 9.89. The summed E-state index contributed by atoms with van der Waals surface area (Å²) in [7, 11) is 0. The Kier molecular flexibility index (Phi) is 4.01. The van der Waals surface area contributed by atoms with Crippen LogP contribution in [0.2, 0.25) is 0 Å². The molecule has 2 aliphatic rings. The van der Waals surface area contributed by atoms with Crippen LogP contribution in [0.1, 0.15) is 44.9 Å². The van der Waals surface area contributed by atoms with E-state index >= 15 is 0 Å². The summed E-state index contributed by atoms with van der Waals surface area (Å²) in [5.41, 5.74) is 0. The van der Waals surface area contributed by atoms with Crippen LogP contribution >= 0.6 is 0 Å². The molecule has 2 rings (SSSR count). The molecule has 1 radical (unpaired) electrons. The number of carbonyl (C=O) groups is 1. The van der Waals surface area contributed by atoms with Gasteiger partial charge in [-0.2, -0.15) is 0 Å². The number of nitrogens with zero attached hydrogens (tertiary/aromatic N) is 1. The zero-order chi connectivity index (χ0) is 10.5. The Balaban J connectivity index is 1.65. The average molecular weight is 209 g/mol. The first kappa shape index (κ1) is 10.9. The molecular formula is C12H21N2O. The van der Waals surface area contributed by atoms with Crippen LogP contribution in [0.4, 0.5) is 0 Å². The minimum atomic E-state index is -0.0337. The summed E-state index contributed by atoms with van der Waals surface area (Å²) in [4.78, 5) is 11.7. The number of carbonyl (C=O) groups excluding carboxylic acids is 1. The highest BCUT2D eigenvalue weighted by molar-refractivity contribution is 5.81. The summed E-state index contributed by atoms with van der Waals surface area (Å²) < 4.78 is 0. The van der Waals surface area contributed by atoms with E-state index in [2.05, 4.69) is 10.6 Å². The van der Waals surface area contributed by atoms with Crippen molar-refractivity contribution in [2.75, 3.05) is 13.1 Å². The van der Waals surface area contributed by atoms with Gasteiger partial charge in [0, 0.05) is 13.1 Å². The first-order chi connectivity index (χ1) is 7.36. The normalized spacial score (nSPS) is 27.9. The summed E-state index contributed by atoms with van der Waals surface area (Å²) in [6, 6.07) is -0.0337. The molecule has 3 nitrogen and oxygen atoms in total. The van der Waals surface area contributed by atoms with Crippen LogP contribution in [-0.2, 0) is 4.79 Å². The zero-order valence-electron chi connectivity index (χ0n) is 9.37. The molecule has 1 saturated carbocycles. The van der Waals surface area contributed by atoms with E-state index in [4.69, 9.17) is 0 Å². The van der Waals surface area contributed by atoms with Crippen LogP contribution in [0.25, 0.3) is 0 Å². The van der Waals surface area contributed by atoms with Gasteiger partial charge in [0.25, 0.3) is 0 Å². The quantitative estimate of drug-likeness (QED) is 0.751. The molecule has 0 aromatic carbocycles. The Morgan fingerprint density at radius 3 is 2.60 bits per heavy atom. The third-order valence-electron chi connectivity index (χ3n) is 3.58. The summed E-state index contributed by atoms with van der Waals surface area (Å²) in [6.07, 6.45) is 8.69. The van der Waals surface area contributed by atoms with Gasteiger partial charge >= 0.3 is 0 Å². The number of hydrogen-bond donors (Lipinski definition) is 1. The molecule has 1 unspecified atom stereocenters. The molecule has 0 bridgehead atoms. The van der Waals surface area contributed by atoms with Crippen molar-refractivity contribution in [1.29, 1.82) is 0 Å². The third-order valence-corrected chi connectivity index (χ3v) is 3.58. The second-order valence-electron chi connectivity index (χ2n) is 4.81. The fourth-order valence-corrected chi connectivity index (χ4v) is 2.59. The molecule has 0 aromatic heterocycles. The van der Waals surface area contributed by atoms with E-state index < -0.39 is 0 Å². The molecule has 1 amide bonds. The highest BCUT2D eigenvalue weighted by Gasteiger charge is 2.24. The van der Waals surface area contributed by atoms with Gasteiger partial charge in [-0.05, 0) is 31.6 Å². The van der Waals surface area contributed by atoms with Crippen LogP contribution in [-0.4, -0.2) is 25.0 Å². The lowest BCUT2D eigenvalue weighted by Gasteiger charge is -2.22. The molecular weight excluding hydrogens is 188 g/mol. The predicted molar refractivity (Wildman–Crippen MR) is 59.6 cm³/mol. The van der Waals surface area contributed by atoms with E-state index in [0.717, 1.165) is 31.8 Å². The lowest BCUT2D eigenvalue weighted by Crippen LogP contribution is -2.40. The molecule has 1 aliphatic carbocycles. The van der Waals surface area contributed by atoms with Gasteiger partial charge in [-0.15, -0.1) is 0 Å². The number of hydrogen-bond acceptors (Lipinski definition) is 1. The van der Waals surface area contributed by atoms with E-state index in [1.54, 1.807) is 0 Å². The number of rotatable bonds is 3. The molecule has 3 heteroatoms. The van der Waals surface area contributed by atoms with Gasteiger partial charge in [0.2, 0.25) is 5.91 Å². The van der Waals surface area contributed by atoms with Crippen molar-refractivity contribution in [2.24, 2.45) is 5.92 Å². The predicted octanol–water partition coefficient (Wildman–Crippen LogP) is 1.45. The molecule has 1 saturated heterocycles. The molecule has 1 N–H and O–H groups in total. The molecule has 1 heterocycles. The number of nitrogens with one attached hydrogen (secondary N) is 1. The largest absolute Gasteiger partial charge is 0.354 e. The topological polar surface area (TPSA) is 43.2 Å². The second-order valence-corrected chi connectivity index (χ2v) is 4.81. The van der Waals surface area contributed by atoms with Crippen molar-refractivity contribution in [2.45, 2.75) is 51.0 Å². The summed E-state index contributed by atoms with van der Waals surface area (Å²) in [5.74, 6) is 0.891. The first-order valence-corrected chi connectivity index (χ1v) is 6.30. The fourth-order valence-electron chi connectivity index (χ4n) is 2.59. The van der Waals surface area contributed by atoms with Crippen LogP contribution < -0.4 is 10.6 Å². The Bertz CT molecular complexity index is 206. The van der Waals surface area contributed by atoms with E-state index in [0.29, 0.717) is 0 Å². The lowest BCUT2D eigenvalue weighted by molar-refractivity contribution is -0.123. The summed E-state index contributed by atoms with van der Waals surface area (Å²) >= 11 is 0. The van der Waals surface area contributed by atoms with Crippen molar-refractivity contribution in [1.82, 2.24) is 10.6 Å². The maximum Gasteiger partial charge on any atom is 0.238 e. The van der Waals surface area contributed by atoms with Crippen molar-refractivity contribution in [3.05, 3.63) is 0 Å². The fraction of sp³-hybridized carbons (Fsp3) is 0.917. The molecule has 0 spiro atoms. The minimum Gasteiger partial charge on any atom is -0.354 e. The van der Waals surface area contributed by atoms with Crippen LogP contribution in [0, 0.1) is 5.92 Å². The highest BCUT2D eigenvalue weighted by Crippen LogP contribution is 2.22. The van der Waals surface area contributed by atoms with Gasteiger partial charge in [0.15, 0.2) is 0 Å². The zero-order valence-corrected chi connectivity index (χ0v) is 9.37. The molecule has 15 heavy (non-hydrogen) atoms. The maximum absolute atomic E-state index is 11.7. The second kappa shape index (κ2) is 5.50. The van der Waals surface area contributed by atoms with Gasteiger partial charge in [0.05, 0.1) is 0 Å². The Morgan fingerprint density at radius 1 is 1.13 bits per heavy atom. The SMILES string of the molecule is O=C(NCC1CCCCC1)C1CCC[N]1. The molecule has 2 fully saturated rings. The first-order valence-electron chi connectivity index (χ1n) is 6.30. The number of amides is 1. The van der Waals surface area contributed by atoms with Gasteiger partial charge in [-0.1, -0.05) is 19.3 Å². The summed E-state index contributed by atoms with van der Waals surface area (Å²) in [6.45, 7) is 1.76. The summed E-state index contributed by atoms with van der Waals surface area (Å²) in [5, 5.41) is 7.35. The standard InChI is InChI=1S/C12H21N2O/c15-12(11-7-4-8-13-11)14-9-10-5-2-1-3-6-10/h10-11H,1-9H2,(H,14,15). The third kappa shape index (κ3) is 3.20. The monoisotopic (exact) mass is 209 g/mol. The van der Waals surface area contributed by atoms with Crippen molar-refractivity contribution < 1.29 is 4.79 Å². The van der Waals surface area contributed by atoms with E-state index in [-0.39, 0.29) is 11.9 Å². The van der Waals surface area contributed by atoms with E-state index in [9.17, 15) is 4.79 Å². The van der Waals surface area contributed by atoms with E-state index in [1.807, 2.05) is 0 Å². The maximum atomic E-state index is 11.7. The smallest absolute Gasteiger partial charge is 0.238 e. The molecule has 0 aromatic rings.